The van der Waals surface area contributed by atoms with E-state index in [1.807, 2.05) is 0 Å². The van der Waals surface area contributed by atoms with Crippen LogP contribution in [0.4, 0.5) is 15.8 Å². The van der Waals surface area contributed by atoms with Gasteiger partial charge in [0, 0.05) is 18.3 Å². The first-order valence-electron chi connectivity index (χ1n) is 5.87. The molecule has 0 aliphatic rings. The average Bonchev–Trinajstić information content (AvgIpc) is 2.48. The molecule has 2 aromatic rings. The van der Waals surface area contributed by atoms with Gasteiger partial charge in [-0.05, 0) is 29.8 Å². The van der Waals surface area contributed by atoms with E-state index in [-0.39, 0.29) is 16.3 Å². The molecule has 7 heteroatoms. The molecule has 0 unspecified atom stereocenters. The molecule has 0 spiro atoms. The molecule has 0 aromatic heterocycles. The lowest BCUT2D eigenvalue weighted by molar-refractivity contribution is -0.385. The van der Waals surface area contributed by atoms with E-state index in [1.165, 1.54) is 30.3 Å². The van der Waals surface area contributed by atoms with Gasteiger partial charge in [-0.1, -0.05) is 17.7 Å². The molecule has 0 saturated heterocycles. The summed E-state index contributed by atoms with van der Waals surface area (Å²) < 4.78 is 13.0. The van der Waals surface area contributed by atoms with Gasteiger partial charge in [-0.25, -0.2) is 4.39 Å². The summed E-state index contributed by atoms with van der Waals surface area (Å²) in [5.41, 5.74) is 1.03. The van der Waals surface area contributed by atoms with Crippen molar-refractivity contribution in [3.05, 3.63) is 68.5 Å². The zero-order chi connectivity index (χ0) is 15.4. The van der Waals surface area contributed by atoms with Crippen LogP contribution in [0, 0.1) is 27.3 Å². The van der Waals surface area contributed by atoms with Gasteiger partial charge in [0.1, 0.15) is 17.4 Å². The van der Waals surface area contributed by atoms with E-state index >= 15 is 0 Å². The predicted molar refractivity (Wildman–Crippen MR) is 76.5 cm³/mol. The predicted octanol–water partition coefficient (Wildman–Crippen LogP) is 3.87. The van der Waals surface area contributed by atoms with Crippen molar-refractivity contribution in [2.45, 2.75) is 6.54 Å². The highest BCUT2D eigenvalue weighted by Gasteiger charge is 2.13. The van der Waals surface area contributed by atoms with Gasteiger partial charge in [0.25, 0.3) is 5.69 Å². The van der Waals surface area contributed by atoms with Crippen LogP contribution in [0.3, 0.4) is 0 Å². The van der Waals surface area contributed by atoms with Gasteiger partial charge < -0.3 is 5.32 Å². The first-order valence-corrected chi connectivity index (χ1v) is 6.25. The summed E-state index contributed by atoms with van der Waals surface area (Å²) in [6.07, 6.45) is 0. The van der Waals surface area contributed by atoms with Gasteiger partial charge >= 0.3 is 0 Å². The molecule has 1 N–H and O–H groups in total. The van der Waals surface area contributed by atoms with Crippen LogP contribution >= 0.6 is 11.6 Å². The Labute approximate surface area is 124 Å². The number of anilines is 1. The third-order valence-corrected chi connectivity index (χ3v) is 3.08. The summed E-state index contributed by atoms with van der Waals surface area (Å²) in [5, 5.41) is 22.6. The molecule has 0 amide bonds. The highest BCUT2D eigenvalue weighted by Crippen LogP contribution is 2.23. The van der Waals surface area contributed by atoms with Crippen LogP contribution in [0.15, 0.2) is 36.4 Å². The number of benzene rings is 2. The molecular weight excluding hydrogens is 297 g/mol. The van der Waals surface area contributed by atoms with E-state index in [4.69, 9.17) is 16.9 Å². The van der Waals surface area contributed by atoms with Crippen molar-refractivity contribution in [2.75, 3.05) is 5.32 Å². The molecule has 106 valence electrons. The van der Waals surface area contributed by atoms with Crippen LogP contribution in [0.5, 0.6) is 0 Å². The Kier molecular flexibility index (Phi) is 4.36. The first kappa shape index (κ1) is 14.8. The Morgan fingerprint density at radius 2 is 2.10 bits per heavy atom. The fourth-order valence-electron chi connectivity index (χ4n) is 1.75. The Balaban J connectivity index is 2.15. The second kappa shape index (κ2) is 6.20. The van der Waals surface area contributed by atoms with Crippen LogP contribution < -0.4 is 5.32 Å². The van der Waals surface area contributed by atoms with Crippen LogP contribution in [-0.2, 0) is 6.54 Å². The number of nitrogens with one attached hydrogen (secondary N) is 1. The Hall–Kier alpha value is -2.65. The third kappa shape index (κ3) is 3.46. The van der Waals surface area contributed by atoms with Crippen molar-refractivity contribution in [1.29, 1.82) is 5.26 Å². The normalized spacial score (nSPS) is 9.95. The van der Waals surface area contributed by atoms with Crippen molar-refractivity contribution in [3.8, 4) is 6.07 Å². The Bertz CT molecular complexity index is 743. The molecule has 0 saturated carbocycles. The number of hydrogen-bond acceptors (Lipinski definition) is 4. The molecule has 5 nitrogen and oxygen atoms in total. The van der Waals surface area contributed by atoms with Gasteiger partial charge in [0.2, 0.25) is 0 Å². The quantitative estimate of drug-likeness (QED) is 0.687. The average molecular weight is 306 g/mol. The maximum Gasteiger partial charge on any atom is 0.287 e. The lowest BCUT2D eigenvalue weighted by Gasteiger charge is -2.07. The van der Waals surface area contributed by atoms with Crippen molar-refractivity contribution in [1.82, 2.24) is 0 Å². The maximum atomic E-state index is 13.0. The van der Waals surface area contributed by atoms with Crippen molar-refractivity contribution < 1.29 is 9.31 Å². The largest absolute Gasteiger partial charge is 0.381 e. The minimum absolute atomic E-state index is 0.0238. The van der Waals surface area contributed by atoms with Crippen LogP contribution in [0.1, 0.15) is 11.1 Å². The van der Waals surface area contributed by atoms with Gasteiger partial charge in [-0.3, -0.25) is 10.1 Å². The zero-order valence-corrected chi connectivity index (χ0v) is 11.4. The molecule has 0 radical (unpaired) electrons. The molecule has 2 aromatic carbocycles. The van der Waals surface area contributed by atoms with E-state index in [0.29, 0.717) is 12.2 Å². The number of nitro benzene ring substituents is 1. The summed E-state index contributed by atoms with van der Waals surface area (Å²) in [6.45, 7) is 0.350. The van der Waals surface area contributed by atoms with Crippen LogP contribution in [0.2, 0.25) is 5.02 Å². The highest BCUT2D eigenvalue weighted by molar-refractivity contribution is 6.30. The summed E-state index contributed by atoms with van der Waals surface area (Å²) in [5.74, 6) is -0.498. The van der Waals surface area contributed by atoms with Gasteiger partial charge in [0.05, 0.1) is 9.95 Å². The maximum absolute atomic E-state index is 13.0. The smallest absolute Gasteiger partial charge is 0.287 e. The summed E-state index contributed by atoms with van der Waals surface area (Å²) >= 11 is 5.68. The van der Waals surface area contributed by atoms with Gasteiger partial charge in [-0.15, -0.1) is 0 Å². The molecule has 0 aliphatic carbocycles. The summed E-state index contributed by atoms with van der Waals surface area (Å²) in [6, 6.07) is 10.3. The molecular formula is C14H9ClFN3O2. The third-order valence-electron chi connectivity index (χ3n) is 2.79. The fourth-order valence-corrected chi connectivity index (χ4v) is 1.95. The van der Waals surface area contributed by atoms with E-state index in [1.54, 1.807) is 12.1 Å². The molecule has 0 heterocycles. The summed E-state index contributed by atoms with van der Waals surface area (Å²) in [7, 11) is 0. The number of nitro groups is 1. The molecule has 0 aliphatic heterocycles. The standard InChI is InChI=1S/C14H9ClFN3O2/c15-12-5-9(1-3-13(12)16)8-18-11-2-4-14(19(20)21)10(6-11)7-17/h1-6,18H,8H2. The molecule has 0 bridgehead atoms. The van der Waals surface area contributed by atoms with Crippen molar-refractivity contribution in [2.24, 2.45) is 0 Å². The number of halogens is 2. The molecule has 2 rings (SSSR count). The second-order valence-electron chi connectivity index (χ2n) is 4.20. The Morgan fingerprint density at radius 1 is 1.33 bits per heavy atom. The molecule has 21 heavy (non-hydrogen) atoms. The first-order chi connectivity index (χ1) is 10.0. The van der Waals surface area contributed by atoms with Gasteiger partial charge in [-0.2, -0.15) is 5.26 Å². The van der Waals surface area contributed by atoms with E-state index in [2.05, 4.69) is 5.32 Å². The lowest BCUT2D eigenvalue weighted by Crippen LogP contribution is -2.01. The van der Waals surface area contributed by atoms with E-state index < -0.39 is 10.7 Å². The number of rotatable bonds is 4. The van der Waals surface area contributed by atoms with Gasteiger partial charge in [0.15, 0.2) is 0 Å². The monoisotopic (exact) mass is 305 g/mol. The number of nitrogens with zero attached hydrogens (tertiary/aromatic N) is 2. The second-order valence-corrected chi connectivity index (χ2v) is 4.61. The highest BCUT2D eigenvalue weighted by atomic mass is 35.5. The fraction of sp³-hybridized carbons (Fsp3) is 0.0714. The van der Waals surface area contributed by atoms with E-state index in [9.17, 15) is 14.5 Å². The molecule has 0 atom stereocenters. The minimum Gasteiger partial charge on any atom is -0.381 e. The lowest BCUT2D eigenvalue weighted by atomic mass is 10.1. The van der Waals surface area contributed by atoms with E-state index in [0.717, 1.165) is 5.56 Å². The number of hydrogen-bond donors (Lipinski definition) is 1. The number of nitriles is 1. The van der Waals surface area contributed by atoms with Crippen molar-refractivity contribution in [3.63, 3.8) is 0 Å². The molecule has 0 fully saturated rings. The van der Waals surface area contributed by atoms with Crippen LogP contribution in [0.25, 0.3) is 0 Å². The van der Waals surface area contributed by atoms with Crippen LogP contribution in [-0.4, -0.2) is 4.92 Å². The minimum atomic E-state index is -0.609. The topological polar surface area (TPSA) is 79.0 Å². The Morgan fingerprint density at radius 3 is 2.71 bits per heavy atom. The summed E-state index contributed by atoms with van der Waals surface area (Å²) in [4.78, 5) is 10.1. The zero-order valence-electron chi connectivity index (χ0n) is 10.6. The SMILES string of the molecule is N#Cc1cc(NCc2ccc(F)c(Cl)c2)ccc1[N+](=O)[O-]. The van der Waals surface area contributed by atoms with Crippen molar-refractivity contribution >= 4 is 23.0 Å².